The first-order chi connectivity index (χ1) is 16.0. The first-order valence-corrected chi connectivity index (χ1v) is 12.0. The van der Waals surface area contributed by atoms with E-state index in [9.17, 15) is 5.11 Å². The molecule has 0 radical (unpaired) electrons. The number of hydrogen-bond acceptors (Lipinski definition) is 6. The van der Waals surface area contributed by atoms with Crippen molar-refractivity contribution in [3.8, 4) is 0 Å². The third-order valence-electron chi connectivity index (χ3n) is 5.28. The molecule has 5 atom stereocenters. The van der Waals surface area contributed by atoms with Gasteiger partial charge in [-0.05, 0) is 48.7 Å². The highest BCUT2D eigenvalue weighted by Gasteiger charge is 2.49. The van der Waals surface area contributed by atoms with Crippen LogP contribution in [-0.4, -0.2) is 55.6 Å². The smallest absolute Gasteiger partial charge is 0.186 e. The van der Waals surface area contributed by atoms with Gasteiger partial charge in [0.25, 0.3) is 0 Å². The van der Waals surface area contributed by atoms with Crippen molar-refractivity contribution >= 4 is 23.2 Å². The van der Waals surface area contributed by atoms with Crippen LogP contribution >= 0.6 is 23.2 Å². The summed E-state index contributed by atoms with van der Waals surface area (Å²) < 4.78 is 29.8. The van der Waals surface area contributed by atoms with E-state index >= 15 is 0 Å². The minimum Gasteiger partial charge on any atom is -0.385 e. The molecule has 6 nitrogen and oxygen atoms in total. The molecule has 1 heterocycles. The molecule has 33 heavy (non-hydrogen) atoms. The fraction of sp³-hybridized carbons (Fsp3) is 0.520. The number of aliphatic hydroxyl groups excluding tert-OH is 1. The molecule has 1 N–H and O–H groups in total. The zero-order chi connectivity index (χ0) is 23.6. The molecule has 0 aliphatic carbocycles. The first-order valence-electron chi connectivity index (χ1n) is 11.3. The number of benzene rings is 2. The standard InChI is InChI=1S/C25H32Cl2O6/c1-3-13-31-24-22(28)25(30-4-2)33-23(24)21(32-15-18-7-11-20(27)12-8-18)16-29-14-17-5-9-19(26)10-6-17/h5-12,21-25,28H,3-4,13-16H2,1-2H3/t21-,22-,23-,24-,25+/m1/s1. The molecule has 3 rings (SSSR count). The van der Waals surface area contributed by atoms with E-state index in [1.54, 1.807) is 0 Å². The van der Waals surface area contributed by atoms with Crippen LogP contribution in [0.25, 0.3) is 0 Å². The van der Waals surface area contributed by atoms with Gasteiger partial charge in [0.1, 0.15) is 24.4 Å². The lowest BCUT2D eigenvalue weighted by Gasteiger charge is -2.28. The molecule has 0 spiro atoms. The minimum absolute atomic E-state index is 0.248. The number of halogens is 2. The summed E-state index contributed by atoms with van der Waals surface area (Å²) in [5, 5.41) is 12.1. The quantitative estimate of drug-likeness (QED) is 0.418. The minimum atomic E-state index is -0.917. The molecular formula is C25H32Cl2O6. The largest absolute Gasteiger partial charge is 0.385 e. The molecule has 0 unspecified atom stereocenters. The summed E-state index contributed by atoms with van der Waals surface area (Å²) in [7, 11) is 0. The highest BCUT2D eigenvalue weighted by Crippen LogP contribution is 2.29. The Morgan fingerprint density at radius 1 is 0.909 bits per heavy atom. The molecule has 0 bridgehead atoms. The summed E-state index contributed by atoms with van der Waals surface area (Å²) in [6, 6.07) is 14.9. The van der Waals surface area contributed by atoms with E-state index in [0.29, 0.717) is 36.5 Å². The second-order valence-electron chi connectivity index (χ2n) is 7.87. The molecule has 1 aliphatic heterocycles. The Morgan fingerprint density at radius 2 is 1.52 bits per heavy atom. The summed E-state index contributed by atoms with van der Waals surface area (Å²) in [5.74, 6) is 0. The molecule has 1 aliphatic rings. The van der Waals surface area contributed by atoms with Crippen LogP contribution in [0.1, 0.15) is 31.4 Å². The predicted octanol–water partition coefficient (Wildman–Crippen LogP) is 5.01. The number of ether oxygens (including phenoxy) is 5. The summed E-state index contributed by atoms with van der Waals surface area (Å²) >= 11 is 12.0. The van der Waals surface area contributed by atoms with Crippen LogP contribution in [0.15, 0.2) is 48.5 Å². The van der Waals surface area contributed by atoms with Crippen LogP contribution in [0.4, 0.5) is 0 Å². The van der Waals surface area contributed by atoms with Gasteiger partial charge in [-0.1, -0.05) is 54.4 Å². The van der Waals surface area contributed by atoms with Crippen molar-refractivity contribution in [1.29, 1.82) is 0 Å². The molecular weight excluding hydrogens is 467 g/mol. The Morgan fingerprint density at radius 3 is 2.09 bits per heavy atom. The Hall–Kier alpha value is -1.22. The summed E-state index contributed by atoms with van der Waals surface area (Å²) in [6.45, 7) is 5.76. The van der Waals surface area contributed by atoms with Gasteiger partial charge < -0.3 is 28.8 Å². The van der Waals surface area contributed by atoms with E-state index in [4.69, 9.17) is 46.9 Å². The molecule has 1 saturated heterocycles. The maximum Gasteiger partial charge on any atom is 0.186 e. The van der Waals surface area contributed by atoms with Gasteiger partial charge in [0, 0.05) is 23.3 Å². The van der Waals surface area contributed by atoms with Gasteiger partial charge >= 0.3 is 0 Å². The van der Waals surface area contributed by atoms with Crippen molar-refractivity contribution in [3.63, 3.8) is 0 Å². The van der Waals surface area contributed by atoms with Gasteiger partial charge in [0.05, 0.1) is 19.8 Å². The van der Waals surface area contributed by atoms with E-state index in [-0.39, 0.29) is 6.61 Å². The van der Waals surface area contributed by atoms with E-state index < -0.39 is 30.7 Å². The van der Waals surface area contributed by atoms with Gasteiger partial charge in [-0.15, -0.1) is 0 Å². The highest BCUT2D eigenvalue weighted by molar-refractivity contribution is 6.30. The van der Waals surface area contributed by atoms with E-state index in [1.165, 1.54) is 0 Å². The topological polar surface area (TPSA) is 66.4 Å². The van der Waals surface area contributed by atoms with E-state index in [2.05, 4.69) is 0 Å². The Kier molecular flexibility index (Phi) is 10.9. The lowest BCUT2D eigenvalue weighted by Crippen LogP contribution is -2.44. The van der Waals surface area contributed by atoms with E-state index in [0.717, 1.165) is 17.5 Å². The van der Waals surface area contributed by atoms with Gasteiger partial charge in [0.15, 0.2) is 6.29 Å². The maximum atomic E-state index is 10.8. The van der Waals surface area contributed by atoms with Crippen molar-refractivity contribution in [3.05, 3.63) is 69.7 Å². The fourth-order valence-corrected chi connectivity index (χ4v) is 3.86. The van der Waals surface area contributed by atoms with Crippen LogP contribution in [0, 0.1) is 0 Å². The third-order valence-corrected chi connectivity index (χ3v) is 5.79. The van der Waals surface area contributed by atoms with Crippen molar-refractivity contribution in [2.24, 2.45) is 0 Å². The number of aliphatic hydroxyl groups is 1. The Labute approximate surface area is 205 Å². The van der Waals surface area contributed by atoms with Gasteiger partial charge in [-0.2, -0.15) is 0 Å². The Balaban J connectivity index is 1.71. The fourth-order valence-electron chi connectivity index (χ4n) is 3.61. The highest BCUT2D eigenvalue weighted by atomic mass is 35.5. The second kappa shape index (κ2) is 13.6. The summed E-state index contributed by atoms with van der Waals surface area (Å²) in [5.41, 5.74) is 1.96. The zero-order valence-corrected chi connectivity index (χ0v) is 20.5. The second-order valence-corrected chi connectivity index (χ2v) is 8.74. The van der Waals surface area contributed by atoms with Gasteiger partial charge in [-0.25, -0.2) is 0 Å². The van der Waals surface area contributed by atoms with E-state index in [1.807, 2.05) is 62.4 Å². The maximum absolute atomic E-state index is 10.8. The molecule has 2 aromatic rings. The monoisotopic (exact) mass is 498 g/mol. The van der Waals surface area contributed by atoms with Crippen molar-refractivity contribution < 1.29 is 28.8 Å². The number of hydrogen-bond donors (Lipinski definition) is 1. The summed E-state index contributed by atoms with van der Waals surface area (Å²) in [6.07, 6.45) is -2.51. The normalized spacial score (nSPS) is 23.7. The zero-order valence-electron chi connectivity index (χ0n) is 19.0. The predicted molar refractivity (Wildman–Crippen MR) is 127 cm³/mol. The lowest BCUT2D eigenvalue weighted by atomic mass is 10.1. The third kappa shape index (κ3) is 7.91. The van der Waals surface area contributed by atoms with Crippen LogP contribution in [0.2, 0.25) is 10.0 Å². The average molecular weight is 499 g/mol. The first kappa shape index (κ1) is 26.4. The molecule has 0 aromatic heterocycles. The molecule has 0 amide bonds. The van der Waals surface area contributed by atoms with Crippen LogP contribution in [-0.2, 0) is 36.9 Å². The van der Waals surface area contributed by atoms with Crippen LogP contribution < -0.4 is 0 Å². The lowest BCUT2D eigenvalue weighted by molar-refractivity contribution is -0.189. The van der Waals surface area contributed by atoms with Crippen molar-refractivity contribution in [2.75, 3.05) is 19.8 Å². The summed E-state index contributed by atoms with van der Waals surface area (Å²) in [4.78, 5) is 0. The average Bonchev–Trinajstić information content (AvgIpc) is 3.12. The molecule has 2 aromatic carbocycles. The van der Waals surface area contributed by atoms with Gasteiger partial charge in [-0.3, -0.25) is 0 Å². The molecule has 8 heteroatoms. The van der Waals surface area contributed by atoms with Crippen molar-refractivity contribution in [2.45, 2.75) is 64.2 Å². The van der Waals surface area contributed by atoms with Crippen LogP contribution in [0.3, 0.4) is 0 Å². The molecule has 1 fully saturated rings. The molecule has 182 valence electrons. The number of rotatable bonds is 13. The SMILES string of the molecule is CCCO[C@@H]1[C@@H](O)[C@@H](OCC)O[C@@H]1[C@@H](COCc1ccc(Cl)cc1)OCc1ccc(Cl)cc1. The Bertz CT molecular complexity index is 817. The van der Waals surface area contributed by atoms with Crippen LogP contribution in [0.5, 0.6) is 0 Å². The van der Waals surface area contributed by atoms with Crippen molar-refractivity contribution in [1.82, 2.24) is 0 Å². The molecule has 0 saturated carbocycles. The van der Waals surface area contributed by atoms with Gasteiger partial charge in [0.2, 0.25) is 0 Å².